The molecule has 0 aliphatic carbocycles. The summed E-state index contributed by atoms with van der Waals surface area (Å²) in [5.41, 5.74) is 0.760. The largest absolute Gasteiger partial charge is 0.467 e. The highest BCUT2D eigenvalue weighted by molar-refractivity contribution is 6.30. The molecule has 136 valence electrons. The summed E-state index contributed by atoms with van der Waals surface area (Å²) in [6.45, 7) is 4.72. The molecule has 0 radical (unpaired) electrons. The number of amides is 3. The Labute approximate surface area is 152 Å². The van der Waals surface area contributed by atoms with Crippen molar-refractivity contribution in [3.8, 4) is 5.75 Å². The predicted molar refractivity (Wildman–Crippen MR) is 93.4 cm³/mol. The van der Waals surface area contributed by atoms with Gasteiger partial charge in [-0.15, -0.1) is 0 Å². The van der Waals surface area contributed by atoms with E-state index in [1.54, 1.807) is 12.1 Å². The maximum atomic E-state index is 13.0. The highest BCUT2D eigenvalue weighted by atomic mass is 35.5. The number of nitrogens with zero attached hydrogens (tertiary/aromatic N) is 1. The lowest BCUT2D eigenvalue weighted by molar-refractivity contribution is -0.132. The number of rotatable bonds is 6. The second-order valence-corrected chi connectivity index (χ2v) is 7.00. The van der Waals surface area contributed by atoms with Crippen LogP contribution in [-0.4, -0.2) is 29.2 Å². The molecule has 1 aromatic rings. The zero-order valence-electron chi connectivity index (χ0n) is 14.6. The number of fused-ring (bicyclic) bond motifs is 1. The number of hydrogen-bond acceptors (Lipinski definition) is 4. The Morgan fingerprint density at radius 2 is 1.96 bits per heavy atom. The number of imide groups is 1. The van der Waals surface area contributed by atoms with Crippen LogP contribution in [0.5, 0.6) is 5.75 Å². The van der Waals surface area contributed by atoms with Gasteiger partial charge in [-0.25, -0.2) is 4.79 Å². The molecule has 0 aromatic heterocycles. The third-order valence-electron chi connectivity index (χ3n) is 4.68. The second kappa shape index (κ2) is 7.22. The number of carbonyl (C=O) groups is 2. The molecule has 3 rings (SSSR count). The summed E-state index contributed by atoms with van der Waals surface area (Å²) in [5.74, 6) is 0.488. The van der Waals surface area contributed by atoms with Crippen molar-refractivity contribution in [1.29, 1.82) is 0 Å². The van der Waals surface area contributed by atoms with Crippen LogP contribution in [-0.2, 0) is 22.7 Å². The number of benzene rings is 1. The summed E-state index contributed by atoms with van der Waals surface area (Å²) >= 11 is 6.18. The molecular weight excluding hydrogens is 344 g/mol. The van der Waals surface area contributed by atoms with E-state index >= 15 is 0 Å². The molecule has 2 aliphatic rings. The first-order chi connectivity index (χ1) is 12.0. The molecule has 0 unspecified atom stereocenters. The molecule has 25 heavy (non-hydrogen) atoms. The van der Waals surface area contributed by atoms with E-state index in [4.69, 9.17) is 21.1 Å². The van der Waals surface area contributed by atoms with E-state index in [2.05, 4.69) is 5.32 Å². The molecule has 3 amide bonds. The number of carbonyl (C=O) groups excluding carboxylic acids is 2. The molecule has 1 N–H and O–H groups in total. The van der Waals surface area contributed by atoms with Crippen LogP contribution in [0.25, 0.3) is 0 Å². The molecule has 0 bridgehead atoms. The van der Waals surface area contributed by atoms with Gasteiger partial charge in [-0.3, -0.25) is 9.69 Å². The fourth-order valence-electron chi connectivity index (χ4n) is 3.68. The molecule has 1 fully saturated rings. The third kappa shape index (κ3) is 3.33. The van der Waals surface area contributed by atoms with Crippen LogP contribution in [0.2, 0.25) is 5.02 Å². The van der Waals surface area contributed by atoms with Gasteiger partial charge < -0.3 is 14.8 Å². The molecule has 7 heteroatoms. The van der Waals surface area contributed by atoms with Crippen LogP contribution in [0, 0.1) is 0 Å². The predicted octanol–water partition coefficient (Wildman–Crippen LogP) is 3.60. The Hall–Kier alpha value is -1.79. The fourth-order valence-corrected chi connectivity index (χ4v) is 3.95. The van der Waals surface area contributed by atoms with Gasteiger partial charge >= 0.3 is 6.03 Å². The zero-order valence-corrected chi connectivity index (χ0v) is 15.3. The van der Waals surface area contributed by atoms with Gasteiger partial charge in [0.05, 0.1) is 13.2 Å². The van der Waals surface area contributed by atoms with Crippen LogP contribution >= 0.6 is 11.6 Å². The maximum Gasteiger partial charge on any atom is 0.325 e. The minimum atomic E-state index is -0.789. The van der Waals surface area contributed by atoms with E-state index in [0.29, 0.717) is 30.2 Å². The van der Waals surface area contributed by atoms with Crippen LogP contribution in [0.1, 0.15) is 50.7 Å². The summed E-state index contributed by atoms with van der Waals surface area (Å²) in [6, 6.07) is 3.17. The van der Waals surface area contributed by atoms with Gasteiger partial charge in [-0.2, -0.15) is 0 Å². The lowest BCUT2D eigenvalue weighted by Gasteiger charge is -2.26. The van der Waals surface area contributed by atoms with Crippen molar-refractivity contribution in [2.24, 2.45) is 0 Å². The zero-order chi connectivity index (χ0) is 18.0. The molecule has 0 saturated carbocycles. The number of hydrogen-bond donors (Lipinski definition) is 1. The van der Waals surface area contributed by atoms with Crippen LogP contribution < -0.4 is 10.1 Å². The number of nitrogens with one attached hydrogen (secondary N) is 1. The summed E-state index contributed by atoms with van der Waals surface area (Å²) in [5, 5.41) is 3.45. The highest BCUT2D eigenvalue weighted by Gasteiger charge is 2.49. The van der Waals surface area contributed by atoms with Crippen LogP contribution in [0.3, 0.4) is 0 Å². The molecule has 2 aliphatic heterocycles. The molecule has 1 saturated heterocycles. The van der Waals surface area contributed by atoms with E-state index in [0.717, 1.165) is 24.0 Å². The lowest BCUT2D eigenvalue weighted by Crippen LogP contribution is -2.46. The Morgan fingerprint density at radius 1 is 1.24 bits per heavy atom. The first-order valence-electron chi connectivity index (χ1n) is 8.66. The average Bonchev–Trinajstić information content (AvgIpc) is 2.80. The minimum absolute atomic E-state index is 0.142. The smallest absolute Gasteiger partial charge is 0.325 e. The number of halogens is 1. The van der Waals surface area contributed by atoms with Gasteiger partial charge in [-0.1, -0.05) is 38.3 Å². The van der Waals surface area contributed by atoms with E-state index in [1.807, 2.05) is 13.8 Å². The topological polar surface area (TPSA) is 67.9 Å². The Morgan fingerprint density at radius 3 is 2.64 bits per heavy atom. The lowest BCUT2D eigenvalue weighted by atomic mass is 9.88. The van der Waals surface area contributed by atoms with Gasteiger partial charge in [0.25, 0.3) is 5.91 Å². The summed E-state index contributed by atoms with van der Waals surface area (Å²) in [4.78, 5) is 26.8. The van der Waals surface area contributed by atoms with E-state index in [9.17, 15) is 9.59 Å². The number of ether oxygens (including phenoxy) is 2. The fraction of sp³-hybridized carbons (Fsp3) is 0.556. The van der Waals surface area contributed by atoms with Gasteiger partial charge in [-0.05, 0) is 25.0 Å². The molecule has 0 spiro atoms. The normalized spacial score (nSPS) is 18.8. The van der Waals surface area contributed by atoms with Gasteiger partial charge in [0.15, 0.2) is 6.79 Å². The number of urea groups is 1. The Bertz CT molecular complexity index is 686. The first kappa shape index (κ1) is 18.0. The highest BCUT2D eigenvalue weighted by Crippen LogP contribution is 2.35. The second-order valence-electron chi connectivity index (χ2n) is 6.57. The van der Waals surface area contributed by atoms with E-state index in [-0.39, 0.29) is 25.3 Å². The van der Waals surface area contributed by atoms with Crippen LogP contribution in [0.15, 0.2) is 12.1 Å². The van der Waals surface area contributed by atoms with Crippen molar-refractivity contribution >= 4 is 23.5 Å². The quantitative estimate of drug-likeness (QED) is 0.781. The van der Waals surface area contributed by atoms with Crippen molar-refractivity contribution < 1.29 is 19.1 Å². The molecular formula is C18H23ClN2O4. The van der Waals surface area contributed by atoms with Gasteiger partial charge in [0, 0.05) is 16.1 Å². The van der Waals surface area contributed by atoms with Crippen molar-refractivity contribution in [2.45, 2.75) is 58.2 Å². The van der Waals surface area contributed by atoms with Gasteiger partial charge in [0.1, 0.15) is 11.3 Å². The third-order valence-corrected chi connectivity index (χ3v) is 4.90. The first-order valence-corrected chi connectivity index (χ1v) is 9.04. The maximum absolute atomic E-state index is 13.0. The minimum Gasteiger partial charge on any atom is -0.467 e. The summed E-state index contributed by atoms with van der Waals surface area (Å²) < 4.78 is 10.9. The molecule has 6 nitrogen and oxygen atoms in total. The SMILES string of the molecule is CCCC1(CCC)NC(=O)N(Cc2cc(Cl)cc3c2OCOC3)C1=O. The Balaban J connectivity index is 1.89. The van der Waals surface area contributed by atoms with Crippen molar-refractivity contribution in [1.82, 2.24) is 10.2 Å². The average molecular weight is 367 g/mol. The van der Waals surface area contributed by atoms with Crippen molar-refractivity contribution in [2.75, 3.05) is 6.79 Å². The van der Waals surface area contributed by atoms with E-state index in [1.165, 1.54) is 4.90 Å². The monoisotopic (exact) mass is 366 g/mol. The van der Waals surface area contributed by atoms with E-state index < -0.39 is 5.54 Å². The summed E-state index contributed by atoms with van der Waals surface area (Å²) in [7, 11) is 0. The molecule has 0 atom stereocenters. The molecule has 2 heterocycles. The van der Waals surface area contributed by atoms with Crippen molar-refractivity contribution in [3.05, 3.63) is 28.3 Å². The van der Waals surface area contributed by atoms with Crippen molar-refractivity contribution in [3.63, 3.8) is 0 Å². The standard InChI is InChI=1S/C18H23ClN2O4/c1-3-5-18(6-4-2)16(22)21(17(23)20-18)9-12-7-14(19)8-13-10-24-11-25-15(12)13/h7-8H,3-6,9-11H2,1-2H3,(H,20,23). The van der Waals surface area contributed by atoms with Gasteiger partial charge in [0.2, 0.25) is 0 Å². The molecule has 1 aromatic carbocycles. The van der Waals surface area contributed by atoms with Crippen LogP contribution in [0.4, 0.5) is 4.79 Å². The summed E-state index contributed by atoms with van der Waals surface area (Å²) in [6.07, 6.45) is 2.93. The Kier molecular flexibility index (Phi) is 5.20.